The minimum atomic E-state index is 0.132. The molecule has 0 fully saturated rings. The van der Waals surface area contributed by atoms with Crippen molar-refractivity contribution in [3.63, 3.8) is 0 Å². The first-order valence-electron chi connectivity index (χ1n) is 7.65. The topological polar surface area (TPSA) is 45.6 Å². The average Bonchev–Trinajstić information content (AvgIpc) is 2.50. The number of aliphatic hydroxyl groups is 1. The molecule has 0 saturated carbocycles. The molecule has 0 amide bonds. The second kappa shape index (κ2) is 8.51. The van der Waals surface area contributed by atoms with Gasteiger partial charge in [0, 0.05) is 37.6 Å². The highest BCUT2D eigenvalue weighted by molar-refractivity contribution is 5.33. The molecular formula is C18H24N2O2. The fourth-order valence-corrected chi connectivity index (χ4v) is 2.35. The third kappa shape index (κ3) is 5.13. The molecule has 1 aromatic carbocycles. The van der Waals surface area contributed by atoms with Gasteiger partial charge in [0.25, 0.3) is 0 Å². The van der Waals surface area contributed by atoms with Crippen LogP contribution in [0, 0.1) is 0 Å². The van der Waals surface area contributed by atoms with E-state index in [-0.39, 0.29) is 12.7 Å². The minimum absolute atomic E-state index is 0.132. The van der Waals surface area contributed by atoms with Gasteiger partial charge in [-0.05, 0) is 31.5 Å². The zero-order valence-electron chi connectivity index (χ0n) is 13.3. The van der Waals surface area contributed by atoms with Crippen LogP contribution in [0.15, 0.2) is 48.8 Å². The van der Waals surface area contributed by atoms with Crippen LogP contribution in [0.1, 0.15) is 25.0 Å². The van der Waals surface area contributed by atoms with E-state index < -0.39 is 0 Å². The van der Waals surface area contributed by atoms with Crippen LogP contribution >= 0.6 is 0 Å². The fourth-order valence-electron chi connectivity index (χ4n) is 2.35. The van der Waals surface area contributed by atoms with E-state index in [4.69, 9.17) is 4.74 Å². The van der Waals surface area contributed by atoms with Gasteiger partial charge in [0.2, 0.25) is 0 Å². The van der Waals surface area contributed by atoms with Crippen LogP contribution in [0.25, 0.3) is 0 Å². The first kappa shape index (κ1) is 16.5. The molecule has 2 aromatic rings. The second-order valence-electron chi connectivity index (χ2n) is 5.57. The van der Waals surface area contributed by atoms with Gasteiger partial charge in [0.15, 0.2) is 0 Å². The molecule has 0 spiro atoms. The number of ether oxygens (including phenoxy) is 1. The van der Waals surface area contributed by atoms with Crippen molar-refractivity contribution in [1.82, 2.24) is 9.88 Å². The van der Waals surface area contributed by atoms with Crippen LogP contribution in [0.3, 0.4) is 0 Å². The third-order valence-electron chi connectivity index (χ3n) is 3.27. The van der Waals surface area contributed by atoms with Gasteiger partial charge in [-0.2, -0.15) is 0 Å². The van der Waals surface area contributed by atoms with Crippen molar-refractivity contribution in [2.75, 3.05) is 13.2 Å². The summed E-state index contributed by atoms with van der Waals surface area (Å²) in [6.07, 6.45) is 3.78. The number of hydrogen-bond acceptors (Lipinski definition) is 4. The van der Waals surface area contributed by atoms with Crippen LogP contribution in [0.2, 0.25) is 0 Å². The monoisotopic (exact) mass is 300 g/mol. The molecule has 0 unspecified atom stereocenters. The van der Waals surface area contributed by atoms with E-state index in [9.17, 15) is 5.11 Å². The van der Waals surface area contributed by atoms with Crippen LogP contribution in [-0.4, -0.2) is 34.2 Å². The lowest BCUT2D eigenvalue weighted by Crippen LogP contribution is -2.26. The Labute approximate surface area is 132 Å². The first-order valence-corrected chi connectivity index (χ1v) is 7.65. The summed E-state index contributed by atoms with van der Waals surface area (Å²) in [5.41, 5.74) is 2.27. The van der Waals surface area contributed by atoms with Gasteiger partial charge < -0.3 is 9.84 Å². The number of aromatic nitrogens is 1. The summed E-state index contributed by atoms with van der Waals surface area (Å²) in [7, 11) is 0. The van der Waals surface area contributed by atoms with Gasteiger partial charge >= 0.3 is 0 Å². The maximum atomic E-state index is 9.32. The fraction of sp³-hybridized carbons (Fsp3) is 0.389. The van der Waals surface area contributed by atoms with Crippen molar-refractivity contribution in [1.29, 1.82) is 0 Å². The highest BCUT2D eigenvalue weighted by atomic mass is 16.5. The average molecular weight is 300 g/mol. The van der Waals surface area contributed by atoms with Crippen LogP contribution in [-0.2, 0) is 13.1 Å². The van der Waals surface area contributed by atoms with E-state index in [1.807, 2.05) is 50.4 Å². The van der Waals surface area contributed by atoms with Crippen LogP contribution in [0.5, 0.6) is 5.75 Å². The number of nitrogens with zero attached hydrogens (tertiary/aromatic N) is 2. The van der Waals surface area contributed by atoms with Gasteiger partial charge in [0.1, 0.15) is 5.75 Å². The maximum Gasteiger partial charge on any atom is 0.124 e. The minimum Gasteiger partial charge on any atom is -0.491 e. The van der Waals surface area contributed by atoms with E-state index in [1.54, 1.807) is 6.20 Å². The Hall–Kier alpha value is -1.91. The zero-order chi connectivity index (χ0) is 15.8. The summed E-state index contributed by atoms with van der Waals surface area (Å²) in [6.45, 7) is 6.29. The third-order valence-corrected chi connectivity index (χ3v) is 3.27. The second-order valence-corrected chi connectivity index (χ2v) is 5.57. The molecule has 1 N–H and O–H groups in total. The Balaban J connectivity index is 2.10. The number of hydrogen-bond donors (Lipinski definition) is 1. The smallest absolute Gasteiger partial charge is 0.124 e. The molecule has 0 aliphatic rings. The predicted octanol–water partition coefficient (Wildman–Crippen LogP) is 2.86. The summed E-state index contributed by atoms with van der Waals surface area (Å²) in [5.74, 6) is 0.909. The Morgan fingerprint density at radius 3 is 2.64 bits per heavy atom. The molecular weight excluding hydrogens is 276 g/mol. The first-order chi connectivity index (χ1) is 10.7. The maximum absolute atomic E-state index is 9.32. The van der Waals surface area contributed by atoms with E-state index >= 15 is 0 Å². The number of para-hydroxylation sites is 1. The molecule has 1 aromatic heterocycles. The largest absolute Gasteiger partial charge is 0.491 e. The molecule has 22 heavy (non-hydrogen) atoms. The SMILES string of the molecule is CC(C)Oc1ccccc1CN(CCO)Cc1cccnc1. The van der Waals surface area contributed by atoms with Gasteiger partial charge in [-0.25, -0.2) is 0 Å². The molecule has 0 saturated heterocycles. The van der Waals surface area contributed by atoms with E-state index in [1.165, 1.54) is 0 Å². The molecule has 4 nitrogen and oxygen atoms in total. The molecule has 0 bridgehead atoms. The lowest BCUT2D eigenvalue weighted by molar-refractivity contribution is 0.179. The van der Waals surface area contributed by atoms with Crippen molar-refractivity contribution in [2.24, 2.45) is 0 Å². The van der Waals surface area contributed by atoms with E-state index in [0.717, 1.165) is 30.0 Å². The number of benzene rings is 1. The Morgan fingerprint density at radius 2 is 1.95 bits per heavy atom. The van der Waals surface area contributed by atoms with E-state index in [0.29, 0.717) is 6.54 Å². The Morgan fingerprint density at radius 1 is 1.14 bits per heavy atom. The van der Waals surface area contributed by atoms with Crippen molar-refractivity contribution in [2.45, 2.75) is 33.0 Å². The number of aliphatic hydroxyl groups excluding tert-OH is 1. The predicted molar refractivity (Wildman–Crippen MR) is 87.6 cm³/mol. The molecule has 0 aliphatic heterocycles. The van der Waals surface area contributed by atoms with Crippen molar-refractivity contribution in [3.05, 3.63) is 59.9 Å². The van der Waals surface area contributed by atoms with Gasteiger partial charge in [-0.1, -0.05) is 24.3 Å². The summed E-state index contributed by atoms with van der Waals surface area (Å²) < 4.78 is 5.87. The van der Waals surface area contributed by atoms with Gasteiger partial charge in [0.05, 0.1) is 12.7 Å². The molecule has 0 radical (unpaired) electrons. The van der Waals surface area contributed by atoms with Gasteiger partial charge in [-0.3, -0.25) is 9.88 Å². The summed E-state index contributed by atoms with van der Waals surface area (Å²) in [4.78, 5) is 6.34. The lowest BCUT2D eigenvalue weighted by Gasteiger charge is -2.23. The summed E-state index contributed by atoms with van der Waals surface area (Å²) in [6, 6.07) is 12.1. The standard InChI is InChI=1S/C18H24N2O2/c1-15(2)22-18-8-4-3-7-17(18)14-20(10-11-21)13-16-6-5-9-19-12-16/h3-9,12,15,21H,10-11,13-14H2,1-2H3. The highest BCUT2D eigenvalue weighted by Gasteiger charge is 2.11. The van der Waals surface area contributed by atoms with Crippen molar-refractivity contribution >= 4 is 0 Å². The summed E-state index contributed by atoms with van der Waals surface area (Å²) in [5, 5.41) is 9.32. The van der Waals surface area contributed by atoms with Crippen molar-refractivity contribution < 1.29 is 9.84 Å². The van der Waals surface area contributed by atoms with Crippen LogP contribution in [0.4, 0.5) is 0 Å². The zero-order valence-corrected chi connectivity index (χ0v) is 13.3. The normalized spacial score (nSPS) is 11.1. The van der Waals surface area contributed by atoms with Crippen LogP contribution < -0.4 is 4.74 Å². The number of rotatable bonds is 8. The molecule has 4 heteroatoms. The van der Waals surface area contributed by atoms with E-state index in [2.05, 4.69) is 16.0 Å². The Bertz CT molecular complexity index is 558. The molecule has 0 aliphatic carbocycles. The lowest BCUT2D eigenvalue weighted by atomic mass is 10.1. The van der Waals surface area contributed by atoms with Crippen molar-refractivity contribution in [3.8, 4) is 5.75 Å². The highest BCUT2D eigenvalue weighted by Crippen LogP contribution is 2.21. The van der Waals surface area contributed by atoms with Gasteiger partial charge in [-0.15, -0.1) is 0 Å². The number of pyridine rings is 1. The molecule has 0 atom stereocenters. The Kier molecular flexibility index (Phi) is 6.37. The molecule has 2 rings (SSSR count). The quantitative estimate of drug-likeness (QED) is 0.814. The molecule has 1 heterocycles. The molecule has 118 valence electrons. The summed E-state index contributed by atoms with van der Waals surface area (Å²) >= 11 is 0.